The summed E-state index contributed by atoms with van der Waals surface area (Å²) < 4.78 is 9.83. The summed E-state index contributed by atoms with van der Waals surface area (Å²) in [7, 11) is 0. The molecule has 1 N–H and O–H groups in total. The fourth-order valence-electron chi connectivity index (χ4n) is 0.938. The topological polar surface area (TPSA) is 85.5 Å². The number of halogens is 1. The molecule has 0 unspecified atom stereocenters. The molecular formula is C9H5ClN2O4. The Labute approximate surface area is 94.5 Å². The zero-order valence-corrected chi connectivity index (χ0v) is 8.51. The van der Waals surface area contributed by atoms with Crippen molar-refractivity contribution in [2.75, 3.05) is 0 Å². The van der Waals surface area contributed by atoms with Gasteiger partial charge in [-0.05, 0) is 6.07 Å². The summed E-state index contributed by atoms with van der Waals surface area (Å²) in [4.78, 5) is 17.9. The molecule has 0 atom stereocenters. The number of hydrogen-bond acceptors (Lipinski definition) is 5. The van der Waals surface area contributed by atoms with Crippen molar-refractivity contribution >= 4 is 17.6 Å². The monoisotopic (exact) mass is 240 g/mol. The van der Waals surface area contributed by atoms with Crippen LogP contribution in [0.3, 0.4) is 0 Å². The van der Waals surface area contributed by atoms with Crippen molar-refractivity contribution in [1.82, 2.24) is 9.97 Å². The number of ether oxygens (including phenoxy) is 1. The van der Waals surface area contributed by atoms with E-state index in [0.717, 1.165) is 6.26 Å². The number of carbonyl (C=O) groups is 1. The van der Waals surface area contributed by atoms with Crippen LogP contribution in [0.4, 0.5) is 0 Å². The van der Waals surface area contributed by atoms with E-state index in [4.69, 9.17) is 25.9 Å². The van der Waals surface area contributed by atoms with Gasteiger partial charge in [0.05, 0.1) is 0 Å². The van der Waals surface area contributed by atoms with Gasteiger partial charge in [-0.1, -0.05) is 17.7 Å². The highest BCUT2D eigenvalue weighted by atomic mass is 35.5. The molecular weight excluding hydrogens is 236 g/mol. The first kappa shape index (κ1) is 10.4. The van der Waals surface area contributed by atoms with Crippen LogP contribution in [0.2, 0.25) is 5.15 Å². The first-order valence-electron chi connectivity index (χ1n) is 4.14. The van der Waals surface area contributed by atoms with Gasteiger partial charge < -0.3 is 14.3 Å². The number of pyridine rings is 1. The maximum atomic E-state index is 10.5. The van der Waals surface area contributed by atoms with Crippen molar-refractivity contribution in [3.63, 3.8) is 0 Å². The van der Waals surface area contributed by atoms with Gasteiger partial charge in [-0.25, -0.2) is 9.78 Å². The SMILES string of the molecule is O=C(O)c1coc(Oc2cccc(Cl)n2)n1. The van der Waals surface area contributed by atoms with Gasteiger partial charge in [0.25, 0.3) is 0 Å². The summed E-state index contributed by atoms with van der Waals surface area (Å²) in [6.07, 6.45) is 0.773. The second-order valence-electron chi connectivity index (χ2n) is 2.70. The Morgan fingerprint density at radius 1 is 1.44 bits per heavy atom. The van der Waals surface area contributed by atoms with Gasteiger partial charge in [0.15, 0.2) is 5.69 Å². The van der Waals surface area contributed by atoms with Crippen molar-refractivity contribution < 1.29 is 19.1 Å². The van der Waals surface area contributed by atoms with Gasteiger partial charge in [0.1, 0.15) is 11.4 Å². The molecule has 0 saturated heterocycles. The molecule has 2 rings (SSSR count). The fraction of sp³-hybridized carbons (Fsp3) is 0. The Balaban J connectivity index is 2.17. The fourth-order valence-corrected chi connectivity index (χ4v) is 1.09. The lowest BCUT2D eigenvalue weighted by Crippen LogP contribution is -1.96. The number of aromatic carboxylic acids is 1. The third kappa shape index (κ3) is 2.29. The highest BCUT2D eigenvalue weighted by Gasteiger charge is 2.12. The average Bonchev–Trinajstić information content (AvgIpc) is 2.66. The molecule has 82 valence electrons. The number of hydrogen-bond donors (Lipinski definition) is 1. The zero-order valence-electron chi connectivity index (χ0n) is 7.75. The summed E-state index contributed by atoms with van der Waals surface area (Å²) in [6.45, 7) is 0. The Kier molecular flexibility index (Phi) is 2.74. The molecule has 0 saturated carbocycles. The molecule has 0 aliphatic heterocycles. The van der Waals surface area contributed by atoms with Crippen LogP contribution in [-0.4, -0.2) is 21.0 Å². The summed E-state index contributed by atoms with van der Waals surface area (Å²) >= 11 is 5.63. The van der Waals surface area contributed by atoms with Crippen LogP contribution in [0, 0.1) is 0 Å². The average molecular weight is 241 g/mol. The molecule has 2 aromatic rings. The van der Waals surface area contributed by atoms with E-state index in [2.05, 4.69) is 9.97 Å². The van der Waals surface area contributed by atoms with E-state index >= 15 is 0 Å². The molecule has 6 nitrogen and oxygen atoms in total. The minimum atomic E-state index is -1.20. The molecule has 0 fully saturated rings. The third-order valence-electron chi connectivity index (χ3n) is 1.58. The van der Waals surface area contributed by atoms with Crippen LogP contribution in [0.1, 0.15) is 10.5 Å². The third-order valence-corrected chi connectivity index (χ3v) is 1.79. The molecule has 0 amide bonds. The van der Waals surface area contributed by atoms with Gasteiger partial charge in [-0.15, -0.1) is 0 Å². The van der Waals surface area contributed by atoms with E-state index in [1.54, 1.807) is 12.1 Å². The molecule has 2 aromatic heterocycles. The van der Waals surface area contributed by atoms with E-state index in [9.17, 15) is 4.79 Å². The number of carboxylic acid groups (broad SMARTS) is 1. The van der Waals surface area contributed by atoms with E-state index in [0.29, 0.717) is 0 Å². The van der Waals surface area contributed by atoms with Crippen LogP contribution in [0.25, 0.3) is 0 Å². The first-order valence-corrected chi connectivity index (χ1v) is 4.52. The van der Waals surface area contributed by atoms with Gasteiger partial charge in [0.2, 0.25) is 5.88 Å². The summed E-state index contributed by atoms with van der Waals surface area (Å²) in [5.41, 5.74) is -0.239. The Morgan fingerprint density at radius 2 is 2.25 bits per heavy atom. The van der Waals surface area contributed by atoms with Crippen LogP contribution >= 0.6 is 11.6 Å². The van der Waals surface area contributed by atoms with E-state index in [-0.39, 0.29) is 22.8 Å². The smallest absolute Gasteiger partial charge is 0.401 e. The molecule has 0 bridgehead atoms. The minimum Gasteiger partial charge on any atom is -0.476 e. The predicted molar refractivity (Wildman–Crippen MR) is 52.8 cm³/mol. The number of nitrogens with zero attached hydrogens (tertiary/aromatic N) is 2. The molecule has 0 radical (unpaired) electrons. The quantitative estimate of drug-likeness (QED) is 0.828. The van der Waals surface area contributed by atoms with Crippen LogP contribution in [0.5, 0.6) is 12.0 Å². The van der Waals surface area contributed by atoms with Crippen molar-refractivity contribution in [1.29, 1.82) is 0 Å². The maximum absolute atomic E-state index is 10.5. The first-order chi connectivity index (χ1) is 7.65. The van der Waals surface area contributed by atoms with Gasteiger partial charge in [0, 0.05) is 6.07 Å². The van der Waals surface area contributed by atoms with Crippen LogP contribution in [0.15, 0.2) is 28.9 Å². The Hall–Kier alpha value is -2.08. The van der Waals surface area contributed by atoms with Crippen molar-refractivity contribution in [2.45, 2.75) is 0 Å². The van der Waals surface area contributed by atoms with Crippen LogP contribution in [-0.2, 0) is 0 Å². The van der Waals surface area contributed by atoms with Crippen molar-refractivity contribution in [3.8, 4) is 12.0 Å². The number of rotatable bonds is 3. The Morgan fingerprint density at radius 3 is 2.88 bits per heavy atom. The zero-order chi connectivity index (χ0) is 11.5. The standard InChI is InChI=1S/C9H5ClN2O4/c10-6-2-1-3-7(12-6)16-9-11-5(4-15-9)8(13)14/h1-4H,(H,13,14). The van der Waals surface area contributed by atoms with E-state index < -0.39 is 5.97 Å². The van der Waals surface area contributed by atoms with Crippen molar-refractivity contribution in [3.05, 3.63) is 35.3 Å². The summed E-state index contributed by atoms with van der Waals surface area (Å²) in [5.74, 6) is -1.02. The molecule has 7 heteroatoms. The highest BCUT2D eigenvalue weighted by Crippen LogP contribution is 2.19. The largest absolute Gasteiger partial charge is 0.476 e. The van der Waals surface area contributed by atoms with Gasteiger partial charge in [-0.2, -0.15) is 4.98 Å². The van der Waals surface area contributed by atoms with E-state index in [1.165, 1.54) is 6.07 Å². The normalized spacial score (nSPS) is 10.1. The lowest BCUT2D eigenvalue weighted by atomic mass is 10.5. The predicted octanol–water partition coefficient (Wildman–Crippen LogP) is 2.21. The number of aromatic nitrogens is 2. The Bertz CT molecular complexity index is 526. The lowest BCUT2D eigenvalue weighted by molar-refractivity contribution is 0.0690. The second kappa shape index (κ2) is 4.19. The highest BCUT2D eigenvalue weighted by molar-refractivity contribution is 6.29. The number of oxazole rings is 1. The van der Waals surface area contributed by atoms with Gasteiger partial charge in [-0.3, -0.25) is 0 Å². The molecule has 0 aliphatic carbocycles. The number of carboxylic acids is 1. The maximum Gasteiger partial charge on any atom is 0.401 e. The van der Waals surface area contributed by atoms with Gasteiger partial charge >= 0.3 is 12.0 Å². The molecule has 2 heterocycles. The summed E-state index contributed by atoms with van der Waals surface area (Å²) in [5, 5.41) is 8.85. The van der Waals surface area contributed by atoms with Crippen molar-refractivity contribution in [2.24, 2.45) is 0 Å². The molecule has 0 spiro atoms. The van der Waals surface area contributed by atoms with Crippen LogP contribution < -0.4 is 4.74 Å². The minimum absolute atomic E-state index is 0.172. The molecule has 0 aromatic carbocycles. The molecule has 16 heavy (non-hydrogen) atoms. The van der Waals surface area contributed by atoms with E-state index in [1.807, 2.05) is 0 Å². The molecule has 0 aliphatic rings. The second-order valence-corrected chi connectivity index (χ2v) is 3.09. The summed E-state index contributed by atoms with van der Waals surface area (Å²) in [6, 6.07) is 4.74. The lowest BCUT2D eigenvalue weighted by Gasteiger charge is -1.98.